The number of urea groups is 1. The lowest BCUT2D eigenvalue weighted by Gasteiger charge is -2.28. The van der Waals surface area contributed by atoms with Gasteiger partial charge in [-0.2, -0.15) is 0 Å². The Morgan fingerprint density at radius 3 is 2.95 bits per heavy atom. The van der Waals surface area contributed by atoms with Gasteiger partial charge in [0.2, 0.25) is 0 Å². The van der Waals surface area contributed by atoms with Crippen LogP contribution in [0, 0.1) is 0 Å². The summed E-state index contributed by atoms with van der Waals surface area (Å²) in [6, 6.07) is 7.67. The SMILES string of the molecule is COc1cccc(CCCNC(=O)NC2CCCCC2O)c1. The van der Waals surface area contributed by atoms with E-state index in [1.807, 2.05) is 18.2 Å². The maximum Gasteiger partial charge on any atom is 0.315 e. The summed E-state index contributed by atoms with van der Waals surface area (Å²) < 4.78 is 5.19. The number of aliphatic hydroxyl groups excluding tert-OH is 1. The Hall–Kier alpha value is -1.75. The molecular formula is C17H26N2O3. The molecular weight excluding hydrogens is 280 g/mol. The van der Waals surface area contributed by atoms with Crippen LogP contribution in [0.4, 0.5) is 4.79 Å². The van der Waals surface area contributed by atoms with Gasteiger partial charge in [0.15, 0.2) is 0 Å². The molecule has 2 unspecified atom stereocenters. The zero-order chi connectivity index (χ0) is 15.8. The average Bonchev–Trinajstić information content (AvgIpc) is 2.54. The molecule has 1 aliphatic carbocycles. The molecule has 1 aliphatic rings. The van der Waals surface area contributed by atoms with Crippen LogP contribution in [0.25, 0.3) is 0 Å². The smallest absolute Gasteiger partial charge is 0.315 e. The van der Waals surface area contributed by atoms with Crippen LogP contribution in [0.5, 0.6) is 5.75 Å². The topological polar surface area (TPSA) is 70.6 Å². The van der Waals surface area contributed by atoms with E-state index in [-0.39, 0.29) is 12.1 Å². The highest BCUT2D eigenvalue weighted by Crippen LogP contribution is 2.18. The van der Waals surface area contributed by atoms with Crippen LogP contribution in [-0.2, 0) is 6.42 Å². The zero-order valence-corrected chi connectivity index (χ0v) is 13.2. The van der Waals surface area contributed by atoms with Crippen molar-refractivity contribution < 1.29 is 14.6 Å². The number of hydrogen-bond acceptors (Lipinski definition) is 3. The second-order valence-electron chi connectivity index (χ2n) is 5.81. The van der Waals surface area contributed by atoms with Crippen molar-refractivity contribution in [2.24, 2.45) is 0 Å². The summed E-state index contributed by atoms with van der Waals surface area (Å²) in [6.07, 6.45) is 5.10. The first-order valence-electron chi connectivity index (χ1n) is 8.04. The summed E-state index contributed by atoms with van der Waals surface area (Å²) in [5.74, 6) is 0.856. The van der Waals surface area contributed by atoms with E-state index in [0.29, 0.717) is 6.54 Å². The number of ether oxygens (including phenoxy) is 1. The van der Waals surface area contributed by atoms with Gasteiger partial charge in [0, 0.05) is 6.54 Å². The van der Waals surface area contributed by atoms with Crippen LogP contribution in [0.3, 0.4) is 0 Å². The molecule has 0 spiro atoms. The van der Waals surface area contributed by atoms with E-state index >= 15 is 0 Å². The fraction of sp³-hybridized carbons (Fsp3) is 0.588. The molecule has 2 amide bonds. The number of carbonyl (C=O) groups excluding carboxylic acids is 1. The quantitative estimate of drug-likeness (QED) is 0.706. The third kappa shape index (κ3) is 5.22. The lowest BCUT2D eigenvalue weighted by Crippen LogP contribution is -2.49. The van der Waals surface area contributed by atoms with Gasteiger partial charge >= 0.3 is 6.03 Å². The minimum atomic E-state index is -0.406. The standard InChI is InChI=1S/C17H26N2O3/c1-22-14-8-4-6-13(12-14)7-5-11-18-17(21)19-15-9-2-3-10-16(15)20/h4,6,8,12,15-16,20H,2-3,5,7,9-11H2,1H3,(H2,18,19,21). The summed E-state index contributed by atoms with van der Waals surface area (Å²) in [7, 11) is 1.66. The van der Waals surface area contributed by atoms with Crippen molar-refractivity contribution >= 4 is 6.03 Å². The van der Waals surface area contributed by atoms with Crippen LogP contribution in [-0.4, -0.2) is 36.9 Å². The monoisotopic (exact) mass is 306 g/mol. The molecule has 1 fully saturated rings. The highest BCUT2D eigenvalue weighted by atomic mass is 16.5. The predicted molar refractivity (Wildman–Crippen MR) is 86.1 cm³/mol. The minimum Gasteiger partial charge on any atom is -0.497 e. The molecule has 1 aromatic carbocycles. The molecule has 5 heteroatoms. The van der Waals surface area contributed by atoms with Crippen LogP contribution < -0.4 is 15.4 Å². The molecule has 0 aromatic heterocycles. The average molecular weight is 306 g/mol. The van der Waals surface area contributed by atoms with Gasteiger partial charge in [0.1, 0.15) is 5.75 Å². The molecule has 22 heavy (non-hydrogen) atoms. The summed E-state index contributed by atoms with van der Waals surface area (Å²) in [4.78, 5) is 11.8. The minimum absolute atomic E-state index is 0.105. The fourth-order valence-corrected chi connectivity index (χ4v) is 2.82. The molecule has 122 valence electrons. The second kappa shape index (κ2) is 8.63. The van der Waals surface area contributed by atoms with Crippen molar-refractivity contribution in [2.75, 3.05) is 13.7 Å². The van der Waals surface area contributed by atoms with Crippen molar-refractivity contribution in [3.63, 3.8) is 0 Å². The van der Waals surface area contributed by atoms with Gasteiger partial charge in [0.25, 0.3) is 0 Å². The van der Waals surface area contributed by atoms with Crippen LogP contribution in [0.15, 0.2) is 24.3 Å². The lowest BCUT2D eigenvalue weighted by molar-refractivity contribution is 0.0943. The molecule has 5 nitrogen and oxygen atoms in total. The fourth-order valence-electron chi connectivity index (χ4n) is 2.82. The van der Waals surface area contributed by atoms with Gasteiger partial charge in [-0.05, 0) is 43.4 Å². The molecule has 0 bridgehead atoms. The van der Waals surface area contributed by atoms with Gasteiger partial charge in [-0.15, -0.1) is 0 Å². The van der Waals surface area contributed by atoms with Gasteiger partial charge in [-0.1, -0.05) is 25.0 Å². The lowest BCUT2D eigenvalue weighted by atomic mass is 9.93. The van der Waals surface area contributed by atoms with Gasteiger partial charge in [-0.3, -0.25) is 0 Å². The first-order valence-corrected chi connectivity index (χ1v) is 8.04. The third-order valence-electron chi connectivity index (χ3n) is 4.11. The number of hydrogen-bond donors (Lipinski definition) is 3. The molecule has 3 N–H and O–H groups in total. The zero-order valence-electron chi connectivity index (χ0n) is 13.2. The second-order valence-corrected chi connectivity index (χ2v) is 5.81. The highest BCUT2D eigenvalue weighted by molar-refractivity contribution is 5.74. The Kier molecular flexibility index (Phi) is 6.52. The van der Waals surface area contributed by atoms with E-state index in [2.05, 4.69) is 16.7 Å². The molecule has 1 aromatic rings. The predicted octanol–water partition coefficient (Wildman–Crippen LogP) is 2.23. The Labute approximate surface area is 132 Å². The molecule has 2 atom stereocenters. The summed E-state index contributed by atoms with van der Waals surface area (Å²) in [5.41, 5.74) is 1.20. The molecule has 0 saturated heterocycles. The van der Waals surface area contributed by atoms with E-state index in [9.17, 15) is 9.90 Å². The molecule has 1 saturated carbocycles. The van der Waals surface area contributed by atoms with Crippen molar-refractivity contribution in [3.8, 4) is 5.75 Å². The van der Waals surface area contributed by atoms with Crippen LogP contribution >= 0.6 is 0 Å². The molecule has 0 heterocycles. The number of nitrogens with one attached hydrogen (secondary N) is 2. The van der Waals surface area contributed by atoms with Gasteiger partial charge < -0.3 is 20.5 Å². The normalized spacial score (nSPS) is 21.2. The number of amides is 2. The largest absolute Gasteiger partial charge is 0.497 e. The van der Waals surface area contributed by atoms with E-state index in [4.69, 9.17) is 4.74 Å². The Balaban J connectivity index is 1.64. The number of aryl methyl sites for hydroxylation is 1. The first kappa shape index (κ1) is 16.6. The number of methoxy groups -OCH3 is 1. The first-order chi connectivity index (χ1) is 10.7. The van der Waals surface area contributed by atoms with Crippen LogP contribution in [0.2, 0.25) is 0 Å². The summed E-state index contributed by atoms with van der Waals surface area (Å²) in [5, 5.41) is 15.6. The maximum atomic E-state index is 11.8. The van der Waals surface area contributed by atoms with Crippen molar-refractivity contribution in [1.82, 2.24) is 10.6 Å². The van der Waals surface area contributed by atoms with E-state index in [0.717, 1.165) is 44.3 Å². The van der Waals surface area contributed by atoms with Crippen molar-refractivity contribution in [2.45, 2.75) is 50.7 Å². The van der Waals surface area contributed by atoms with Crippen molar-refractivity contribution in [1.29, 1.82) is 0 Å². The van der Waals surface area contributed by atoms with E-state index in [1.165, 1.54) is 5.56 Å². The number of carbonyl (C=O) groups is 1. The Bertz CT molecular complexity index is 479. The maximum absolute atomic E-state index is 11.8. The van der Waals surface area contributed by atoms with Gasteiger partial charge in [0.05, 0.1) is 19.3 Å². The molecule has 0 radical (unpaired) electrons. The Morgan fingerprint density at radius 2 is 2.18 bits per heavy atom. The van der Waals surface area contributed by atoms with Crippen molar-refractivity contribution in [3.05, 3.63) is 29.8 Å². The summed E-state index contributed by atoms with van der Waals surface area (Å²) in [6.45, 7) is 0.617. The molecule has 2 rings (SSSR count). The summed E-state index contributed by atoms with van der Waals surface area (Å²) >= 11 is 0. The number of rotatable bonds is 6. The van der Waals surface area contributed by atoms with E-state index in [1.54, 1.807) is 7.11 Å². The highest BCUT2D eigenvalue weighted by Gasteiger charge is 2.24. The third-order valence-corrected chi connectivity index (χ3v) is 4.11. The molecule has 0 aliphatic heterocycles. The number of benzene rings is 1. The number of aliphatic hydroxyl groups is 1. The van der Waals surface area contributed by atoms with Crippen LogP contribution in [0.1, 0.15) is 37.7 Å². The van der Waals surface area contributed by atoms with E-state index < -0.39 is 6.10 Å². The Morgan fingerprint density at radius 1 is 1.36 bits per heavy atom. The van der Waals surface area contributed by atoms with Gasteiger partial charge in [-0.25, -0.2) is 4.79 Å².